The summed E-state index contributed by atoms with van der Waals surface area (Å²) in [5, 5.41) is 3.85. The second-order valence-corrected chi connectivity index (χ2v) is 8.93. The molecule has 1 aliphatic heterocycles. The van der Waals surface area contributed by atoms with Crippen molar-refractivity contribution in [2.75, 3.05) is 0 Å². The maximum Gasteiger partial charge on any atom is 0.145 e. The summed E-state index contributed by atoms with van der Waals surface area (Å²) in [6.07, 6.45) is 3.03. The highest BCUT2D eigenvalue weighted by Gasteiger charge is 2.42. The summed E-state index contributed by atoms with van der Waals surface area (Å²) in [5.41, 5.74) is 8.62. The number of aryl methyl sites for hydroxylation is 1. The molecule has 0 saturated heterocycles. The molecule has 32 heavy (non-hydrogen) atoms. The number of rotatable bonds is 2. The van der Waals surface area contributed by atoms with Crippen LogP contribution in [0.5, 0.6) is 0 Å². The molecule has 0 bridgehead atoms. The molecule has 0 unspecified atom stereocenters. The van der Waals surface area contributed by atoms with Crippen LogP contribution in [-0.2, 0) is 11.8 Å². The summed E-state index contributed by atoms with van der Waals surface area (Å²) in [5.74, 6) is 0. The van der Waals surface area contributed by atoms with E-state index in [4.69, 9.17) is 4.98 Å². The normalized spacial score (nSPS) is 14.5. The lowest BCUT2D eigenvalue weighted by Crippen LogP contribution is -2.36. The van der Waals surface area contributed by atoms with E-state index in [9.17, 15) is 0 Å². The molecule has 4 aromatic carbocycles. The molecule has 6 aromatic rings. The number of hydrogen-bond acceptors (Lipinski definition) is 1. The molecule has 0 atom stereocenters. The Labute approximate surface area is 186 Å². The molecule has 2 heteroatoms. The quantitative estimate of drug-likeness (QED) is 0.286. The SMILES string of the molecule is Cc1ccc2c3c1c1ccccc1c1ncc(n13)C(c1ccccc1)(c1ccccc1)C2. The molecule has 0 saturated carbocycles. The Morgan fingerprint density at radius 3 is 2.03 bits per heavy atom. The minimum atomic E-state index is -0.292. The smallest absolute Gasteiger partial charge is 0.145 e. The number of fused-ring (bicyclic) bond motifs is 3. The average molecular weight is 411 g/mol. The molecule has 0 amide bonds. The number of nitrogens with zero attached hydrogens (tertiary/aromatic N) is 2. The van der Waals surface area contributed by atoms with Crippen LogP contribution in [0.2, 0.25) is 0 Å². The lowest BCUT2D eigenvalue weighted by molar-refractivity contribution is 0.578. The fourth-order valence-electron chi connectivity index (χ4n) is 5.93. The molecular formula is C30H22N2. The van der Waals surface area contributed by atoms with E-state index in [1.807, 2.05) is 0 Å². The highest BCUT2D eigenvalue weighted by molar-refractivity contribution is 6.14. The molecule has 7 rings (SSSR count). The number of imidazole rings is 1. The second kappa shape index (κ2) is 6.30. The molecule has 3 heterocycles. The number of pyridine rings is 1. The van der Waals surface area contributed by atoms with E-state index in [1.165, 1.54) is 49.6 Å². The zero-order valence-electron chi connectivity index (χ0n) is 17.9. The predicted octanol–water partition coefficient (Wildman–Crippen LogP) is 6.84. The van der Waals surface area contributed by atoms with Crippen LogP contribution >= 0.6 is 0 Å². The van der Waals surface area contributed by atoms with Gasteiger partial charge in [0, 0.05) is 10.8 Å². The minimum Gasteiger partial charge on any atom is -0.295 e. The van der Waals surface area contributed by atoms with Gasteiger partial charge in [0.2, 0.25) is 0 Å². The summed E-state index contributed by atoms with van der Waals surface area (Å²) in [6, 6.07) is 35.2. The standard InChI is InChI=1S/C30H22N2/c1-20-16-17-21-18-30(22-10-4-2-5-11-22,23-12-6-3-7-13-23)26-19-31-29-25-15-9-8-14-24(25)27(20)28(21)32(26)29/h2-17,19H,18H2,1H3. The summed E-state index contributed by atoms with van der Waals surface area (Å²) >= 11 is 0. The Balaban J connectivity index is 1.74. The molecule has 2 aromatic heterocycles. The summed E-state index contributed by atoms with van der Waals surface area (Å²) in [4.78, 5) is 5.04. The van der Waals surface area contributed by atoms with E-state index >= 15 is 0 Å². The predicted molar refractivity (Wildman–Crippen MR) is 131 cm³/mol. The van der Waals surface area contributed by atoms with E-state index in [2.05, 4.69) is 115 Å². The Bertz CT molecular complexity index is 1600. The molecular weight excluding hydrogens is 388 g/mol. The first-order valence-corrected chi connectivity index (χ1v) is 11.2. The van der Waals surface area contributed by atoms with Gasteiger partial charge in [0.05, 0.1) is 22.8 Å². The summed E-state index contributed by atoms with van der Waals surface area (Å²) in [6.45, 7) is 2.23. The van der Waals surface area contributed by atoms with Gasteiger partial charge in [-0.2, -0.15) is 0 Å². The Hall–Kier alpha value is -3.91. The molecule has 2 nitrogen and oxygen atoms in total. The van der Waals surface area contributed by atoms with Crippen molar-refractivity contribution in [3.63, 3.8) is 0 Å². The van der Waals surface area contributed by atoms with Crippen molar-refractivity contribution < 1.29 is 0 Å². The van der Waals surface area contributed by atoms with Crippen LogP contribution in [0.1, 0.15) is 27.9 Å². The van der Waals surface area contributed by atoms with Gasteiger partial charge in [-0.25, -0.2) is 4.98 Å². The van der Waals surface area contributed by atoms with Gasteiger partial charge in [0.25, 0.3) is 0 Å². The number of benzene rings is 4. The maximum atomic E-state index is 5.04. The van der Waals surface area contributed by atoms with E-state index in [1.54, 1.807) is 0 Å². The van der Waals surface area contributed by atoms with Crippen molar-refractivity contribution in [1.82, 2.24) is 9.38 Å². The molecule has 0 fully saturated rings. The van der Waals surface area contributed by atoms with E-state index < -0.39 is 0 Å². The van der Waals surface area contributed by atoms with Gasteiger partial charge in [0.15, 0.2) is 0 Å². The third-order valence-corrected chi connectivity index (χ3v) is 7.32. The third kappa shape index (κ3) is 2.12. The van der Waals surface area contributed by atoms with Gasteiger partial charge in [-0.05, 0) is 41.0 Å². The first kappa shape index (κ1) is 17.7. The van der Waals surface area contributed by atoms with Crippen molar-refractivity contribution >= 4 is 27.3 Å². The fourth-order valence-corrected chi connectivity index (χ4v) is 5.93. The van der Waals surface area contributed by atoms with Crippen LogP contribution < -0.4 is 0 Å². The average Bonchev–Trinajstić information content (AvgIpc) is 3.31. The number of aromatic nitrogens is 2. The minimum absolute atomic E-state index is 0.292. The Morgan fingerprint density at radius 1 is 0.719 bits per heavy atom. The molecule has 0 N–H and O–H groups in total. The van der Waals surface area contributed by atoms with Crippen molar-refractivity contribution in [3.05, 3.63) is 131 Å². The largest absolute Gasteiger partial charge is 0.295 e. The summed E-state index contributed by atoms with van der Waals surface area (Å²) in [7, 11) is 0. The van der Waals surface area contributed by atoms with Crippen molar-refractivity contribution in [3.8, 4) is 0 Å². The fraction of sp³-hybridized carbons (Fsp3) is 0.100. The van der Waals surface area contributed by atoms with Crippen molar-refractivity contribution in [2.45, 2.75) is 18.8 Å². The zero-order chi connectivity index (χ0) is 21.3. The van der Waals surface area contributed by atoms with Crippen LogP contribution in [0.15, 0.2) is 103 Å². The van der Waals surface area contributed by atoms with Gasteiger partial charge >= 0.3 is 0 Å². The van der Waals surface area contributed by atoms with Gasteiger partial charge < -0.3 is 0 Å². The van der Waals surface area contributed by atoms with Gasteiger partial charge in [-0.3, -0.25) is 4.40 Å². The molecule has 152 valence electrons. The first-order chi connectivity index (χ1) is 15.8. The van der Waals surface area contributed by atoms with E-state index in [0.29, 0.717) is 0 Å². The topological polar surface area (TPSA) is 17.3 Å². The lowest BCUT2D eigenvalue weighted by Gasteiger charge is -2.39. The van der Waals surface area contributed by atoms with Crippen LogP contribution in [0.3, 0.4) is 0 Å². The van der Waals surface area contributed by atoms with Gasteiger partial charge in [-0.1, -0.05) is 97.1 Å². The first-order valence-electron chi connectivity index (χ1n) is 11.2. The maximum absolute atomic E-state index is 5.04. The monoisotopic (exact) mass is 410 g/mol. The van der Waals surface area contributed by atoms with Crippen LogP contribution in [0.25, 0.3) is 27.3 Å². The van der Waals surface area contributed by atoms with Crippen LogP contribution in [0, 0.1) is 6.92 Å². The van der Waals surface area contributed by atoms with Gasteiger partial charge in [-0.15, -0.1) is 0 Å². The Kier molecular flexibility index (Phi) is 3.49. The zero-order valence-corrected chi connectivity index (χ0v) is 17.9. The van der Waals surface area contributed by atoms with E-state index in [-0.39, 0.29) is 5.41 Å². The van der Waals surface area contributed by atoms with Gasteiger partial charge in [0.1, 0.15) is 5.65 Å². The Morgan fingerprint density at radius 2 is 1.34 bits per heavy atom. The molecule has 0 spiro atoms. The molecule has 1 aliphatic rings. The number of hydrogen-bond donors (Lipinski definition) is 0. The van der Waals surface area contributed by atoms with Crippen LogP contribution in [-0.4, -0.2) is 9.38 Å². The molecule has 0 radical (unpaired) electrons. The third-order valence-electron chi connectivity index (χ3n) is 7.32. The lowest BCUT2D eigenvalue weighted by atomic mass is 9.67. The van der Waals surface area contributed by atoms with E-state index in [0.717, 1.165) is 12.1 Å². The van der Waals surface area contributed by atoms with Crippen LogP contribution in [0.4, 0.5) is 0 Å². The summed E-state index contributed by atoms with van der Waals surface area (Å²) < 4.78 is 2.45. The van der Waals surface area contributed by atoms with Crippen molar-refractivity contribution in [1.29, 1.82) is 0 Å². The molecule has 0 aliphatic carbocycles. The van der Waals surface area contributed by atoms with Crippen molar-refractivity contribution in [2.24, 2.45) is 0 Å². The second-order valence-electron chi connectivity index (χ2n) is 8.93. The highest BCUT2D eigenvalue weighted by Crippen LogP contribution is 2.48. The highest BCUT2D eigenvalue weighted by atomic mass is 15.0.